The lowest BCUT2D eigenvalue weighted by molar-refractivity contribution is -0.137. The van der Waals surface area contributed by atoms with E-state index in [1.165, 1.54) is 31.2 Å². The van der Waals surface area contributed by atoms with Crippen molar-refractivity contribution in [1.82, 2.24) is 9.88 Å². The highest BCUT2D eigenvalue weighted by molar-refractivity contribution is 5.97. The summed E-state index contributed by atoms with van der Waals surface area (Å²) in [5, 5.41) is 3.62. The van der Waals surface area contributed by atoms with Crippen LogP contribution in [-0.2, 0) is 17.4 Å². The normalized spacial score (nSPS) is 15.0. The van der Waals surface area contributed by atoms with Crippen molar-refractivity contribution < 1.29 is 31.9 Å². The Morgan fingerprint density at radius 3 is 2.50 bits per heavy atom. The number of carbonyl (C=O) groups excluding carboxylic acids is 2. The van der Waals surface area contributed by atoms with Crippen LogP contribution in [0.15, 0.2) is 83.3 Å². The van der Waals surface area contributed by atoms with Crippen LogP contribution in [0.4, 0.5) is 18.9 Å². The predicted molar refractivity (Wildman–Crippen MR) is 151 cm³/mol. The molecule has 214 valence electrons. The number of hydrogen-bond acceptors (Lipinski definition) is 4. The Kier molecular flexibility index (Phi) is 6.76. The maximum Gasteiger partial charge on any atom is 0.417 e. The van der Waals surface area contributed by atoms with Gasteiger partial charge in [-0.1, -0.05) is 18.2 Å². The van der Waals surface area contributed by atoms with E-state index in [9.17, 15) is 22.8 Å². The van der Waals surface area contributed by atoms with E-state index in [-0.39, 0.29) is 23.1 Å². The lowest BCUT2D eigenvalue weighted by Crippen LogP contribution is -2.40. The van der Waals surface area contributed by atoms with Crippen LogP contribution in [0.2, 0.25) is 0 Å². The van der Waals surface area contributed by atoms with Crippen molar-refractivity contribution >= 4 is 28.4 Å². The van der Waals surface area contributed by atoms with Gasteiger partial charge >= 0.3 is 6.18 Å². The van der Waals surface area contributed by atoms with Gasteiger partial charge in [0, 0.05) is 41.2 Å². The fourth-order valence-electron chi connectivity index (χ4n) is 5.56. The molecule has 1 atom stereocenters. The lowest BCUT2D eigenvalue weighted by atomic mass is 9.95. The number of furan rings is 1. The molecule has 2 N–H and O–H groups in total. The van der Waals surface area contributed by atoms with Gasteiger partial charge in [-0.3, -0.25) is 9.59 Å². The smallest absolute Gasteiger partial charge is 0.417 e. The zero-order valence-electron chi connectivity index (χ0n) is 22.7. The summed E-state index contributed by atoms with van der Waals surface area (Å²) in [4.78, 5) is 30.4. The second-order valence-electron chi connectivity index (χ2n) is 10.1. The van der Waals surface area contributed by atoms with E-state index in [0.717, 1.165) is 28.2 Å². The number of aromatic amines is 1. The van der Waals surface area contributed by atoms with Crippen molar-refractivity contribution in [2.45, 2.75) is 25.6 Å². The highest BCUT2D eigenvalue weighted by Gasteiger charge is 2.38. The average Bonchev–Trinajstić information content (AvgIpc) is 3.61. The molecule has 3 heterocycles. The Labute approximate surface area is 238 Å². The Bertz CT molecular complexity index is 1800. The van der Waals surface area contributed by atoms with Gasteiger partial charge in [-0.25, -0.2) is 0 Å². The highest BCUT2D eigenvalue weighted by atomic mass is 19.4. The first-order valence-electron chi connectivity index (χ1n) is 13.3. The summed E-state index contributed by atoms with van der Waals surface area (Å²) in [5.74, 6) is 0.543. The zero-order valence-corrected chi connectivity index (χ0v) is 22.7. The van der Waals surface area contributed by atoms with Crippen LogP contribution in [0.1, 0.15) is 45.9 Å². The Morgan fingerprint density at radius 1 is 1.02 bits per heavy atom. The van der Waals surface area contributed by atoms with Gasteiger partial charge in [-0.2, -0.15) is 13.2 Å². The summed E-state index contributed by atoms with van der Waals surface area (Å²) in [6.45, 7) is 1.74. The number of nitrogens with one attached hydrogen (secondary N) is 2. The quantitative estimate of drug-likeness (QED) is 0.233. The van der Waals surface area contributed by atoms with E-state index in [2.05, 4.69) is 10.3 Å². The van der Waals surface area contributed by atoms with Gasteiger partial charge in [0.1, 0.15) is 23.3 Å². The minimum absolute atomic E-state index is 0.0508. The summed E-state index contributed by atoms with van der Waals surface area (Å²) in [6.07, 6.45) is -4.03. The van der Waals surface area contributed by atoms with Crippen LogP contribution in [0.25, 0.3) is 22.2 Å². The molecular formula is C32H26F3N3O4. The molecule has 0 bridgehead atoms. The van der Waals surface area contributed by atoms with Gasteiger partial charge < -0.3 is 24.4 Å². The molecule has 0 spiro atoms. The number of benzene rings is 3. The molecule has 2 aromatic heterocycles. The van der Waals surface area contributed by atoms with Crippen molar-refractivity contribution in [2.24, 2.45) is 0 Å². The number of fused-ring (bicyclic) bond motifs is 3. The molecule has 0 saturated carbocycles. The third kappa shape index (κ3) is 4.89. The number of ether oxygens (including phenoxy) is 1. The molecule has 5 aromatic rings. The first-order valence-corrected chi connectivity index (χ1v) is 13.3. The van der Waals surface area contributed by atoms with Crippen molar-refractivity contribution in [2.75, 3.05) is 19.0 Å². The number of nitrogens with zero attached hydrogens (tertiary/aromatic N) is 1. The maximum absolute atomic E-state index is 13.9. The molecule has 1 aliphatic rings. The molecule has 10 heteroatoms. The van der Waals surface area contributed by atoms with Crippen LogP contribution in [0, 0.1) is 0 Å². The topological polar surface area (TPSA) is 87.6 Å². The van der Waals surface area contributed by atoms with Crippen LogP contribution < -0.4 is 10.1 Å². The monoisotopic (exact) mass is 573 g/mol. The highest BCUT2D eigenvalue weighted by Crippen LogP contribution is 2.43. The van der Waals surface area contributed by atoms with Crippen LogP contribution >= 0.6 is 0 Å². The molecule has 3 aromatic carbocycles. The summed E-state index contributed by atoms with van der Waals surface area (Å²) < 4.78 is 52.9. The number of rotatable bonds is 5. The van der Waals surface area contributed by atoms with Gasteiger partial charge in [0.2, 0.25) is 5.91 Å². The number of methoxy groups -OCH3 is 1. The Hall–Kier alpha value is -4.99. The number of H-pyrrole nitrogens is 1. The molecular weight excluding hydrogens is 547 g/mol. The van der Waals surface area contributed by atoms with Crippen LogP contribution in [-0.4, -0.2) is 35.4 Å². The van der Waals surface area contributed by atoms with Crippen LogP contribution in [0.5, 0.6) is 5.75 Å². The molecule has 0 radical (unpaired) electrons. The SMILES string of the molecule is COc1ccc2[nH]c3c(c2c1)CCN(C(=O)c1ccc(NC(C)=O)cc1)C3c1ccc(-c2ccccc2C(F)(F)F)o1. The molecule has 0 saturated heterocycles. The summed E-state index contributed by atoms with van der Waals surface area (Å²) in [7, 11) is 1.59. The van der Waals surface area contributed by atoms with E-state index in [1.807, 2.05) is 18.2 Å². The number of anilines is 1. The molecule has 2 amide bonds. The molecule has 1 aliphatic heterocycles. The zero-order chi connectivity index (χ0) is 29.6. The average molecular weight is 574 g/mol. The summed E-state index contributed by atoms with van der Waals surface area (Å²) >= 11 is 0. The molecule has 7 nitrogen and oxygen atoms in total. The lowest BCUT2D eigenvalue weighted by Gasteiger charge is -2.35. The number of carbonyl (C=O) groups is 2. The standard InChI is InChI=1S/C32H26F3N3O4/c1-18(39)36-20-9-7-19(8-10-20)31(40)38-16-15-22-24-17-21(41-2)11-12-26(24)37-29(22)30(38)28-14-13-27(42-28)23-5-3-4-6-25(23)32(33,34)35/h3-14,17,30,37H,15-16H2,1-2H3,(H,36,39). The predicted octanol–water partition coefficient (Wildman–Crippen LogP) is 7.20. The minimum Gasteiger partial charge on any atom is -0.497 e. The van der Waals surface area contributed by atoms with Gasteiger partial charge in [0.15, 0.2) is 0 Å². The third-order valence-electron chi connectivity index (χ3n) is 7.44. The maximum atomic E-state index is 13.9. The van der Waals surface area contributed by atoms with Gasteiger partial charge in [-0.15, -0.1) is 0 Å². The van der Waals surface area contributed by atoms with E-state index in [1.54, 1.807) is 42.3 Å². The largest absolute Gasteiger partial charge is 0.497 e. The number of alkyl halides is 3. The second kappa shape index (κ2) is 10.4. The van der Waals surface area contributed by atoms with Crippen molar-refractivity contribution in [3.8, 4) is 17.1 Å². The van der Waals surface area contributed by atoms with E-state index in [4.69, 9.17) is 9.15 Å². The summed E-state index contributed by atoms with van der Waals surface area (Å²) in [6, 6.07) is 19.8. The Balaban J connectivity index is 1.45. The molecule has 6 rings (SSSR count). The Morgan fingerprint density at radius 2 is 1.79 bits per heavy atom. The number of aromatic nitrogens is 1. The third-order valence-corrected chi connectivity index (χ3v) is 7.44. The van der Waals surface area contributed by atoms with Gasteiger partial charge in [-0.05, 0) is 72.6 Å². The van der Waals surface area contributed by atoms with E-state index in [0.29, 0.717) is 35.7 Å². The molecule has 42 heavy (non-hydrogen) atoms. The fraction of sp³-hybridized carbons (Fsp3) is 0.188. The van der Waals surface area contributed by atoms with Gasteiger partial charge in [0.25, 0.3) is 5.91 Å². The molecule has 1 unspecified atom stereocenters. The first-order chi connectivity index (χ1) is 20.1. The summed E-state index contributed by atoms with van der Waals surface area (Å²) in [5.41, 5.74) is 2.60. The van der Waals surface area contributed by atoms with Crippen molar-refractivity contribution in [3.63, 3.8) is 0 Å². The number of hydrogen-bond donors (Lipinski definition) is 2. The fourth-order valence-corrected chi connectivity index (χ4v) is 5.56. The van der Waals surface area contributed by atoms with Gasteiger partial charge in [0.05, 0.1) is 18.4 Å². The second-order valence-corrected chi connectivity index (χ2v) is 10.1. The van der Waals surface area contributed by atoms with Crippen molar-refractivity contribution in [1.29, 1.82) is 0 Å². The molecule has 0 fully saturated rings. The molecule has 0 aliphatic carbocycles. The van der Waals surface area contributed by atoms with Crippen LogP contribution in [0.3, 0.4) is 0 Å². The first kappa shape index (κ1) is 27.2. The van der Waals surface area contributed by atoms with Crippen molar-refractivity contribution in [3.05, 3.63) is 107 Å². The van der Waals surface area contributed by atoms with E-state index >= 15 is 0 Å². The minimum atomic E-state index is -4.57. The number of amides is 2. The number of halogens is 3. The van der Waals surface area contributed by atoms with E-state index < -0.39 is 17.8 Å².